The molecular weight excluding hydrogens is 225 g/mol. The van der Waals surface area contributed by atoms with Crippen LogP contribution in [0.3, 0.4) is 0 Å². The average Bonchev–Trinajstić information content (AvgIpc) is 2.27. The SMILES string of the molecule is CCNC(C)c1ccc(SCCO)c(F)c1. The van der Waals surface area contributed by atoms with E-state index in [1.165, 1.54) is 11.8 Å². The maximum absolute atomic E-state index is 13.6. The first-order valence-electron chi connectivity index (χ1n) is 5.45. The molecule has 0 heterocycles. The first-order chi connectivity index (χ1) is 7.69. The number of halogens is 1. The quantitative estimate of drug-likeness (QED) is 0.753. The van der Waals surface area contributed by atoms with Crippen LogP contribution < -0.4 is 5.32 Å². The van der Waals surface area contributed by atoms with Crippen molar-refractivity contribution in [1.82, 2.24) is 5.32 Å². The van der Waals surface area contributed by atoms with Crippen LogP contribution in [0.5, 0.6) is 0 Å². The largest absolute Gasteiger partial charge is 0.396 e. The van der Waals surface area contributed by atoms with Gasteiger partial charge in [-0.2, -0.15) is 0 Å². The third-order valence-corrected chi connectivity index (χ3v) is 3.34. The number of hydrogen-bond donors (Lipinski definition) is 2. The summed E-state index contributed by atoms with van der Waals surface area (Å²) in [4.78, 5) is 0.599. The van der Waals surface area contributed by atoms with Crippen LogP contribution in [-0.2, 0) is 0 Å². The minimum atomic E-state index is -0.208. The lowest BCUT2D eigenvalue weighted by molar-refractivity contribution is 0.322. The van der Waals surface area contributed by atoms with E-state index < -0.39 is 0 Å². The molecule has 0 saturated heterocycles. The number of aliphatic hydroxyl groups excluding tert-OH is 1. The number of hydrogen-bond acceptors (Lipinski definition) is 3. The van der Waals surface area contributed by atoms with Crippen LogP contribution in [-0.4, -0.2) is 24.0 Å². The Morgan fingerprint density at radius 2 is 2.25 bits per heavy atom. The van der Waals surface area contributed by atoms with Crippen molar-refractivity contribution >= 4 is 11.8 Å². The molecule has 0 bridgehead atoms. The Morgan fingerprint density at radius 1 is 1.50 bits per heavy atom. The van der Waals surface area contributed by atoms with Crippen LogP contribution in [0.1, 0.15) is 25.5 Å². The molecule has 4 heteroatoms. The van der Waals surface area contributed by atoms with Crippen molar-refractivity contribution in [2.24, 2.45) is 0 Å². The molecule has 1 rings (SSSR count). The Hall–Kier alpha value is -0.580. The number of aliphatic hydroxyl groups is 1. The van der Waals surface area contributed by atoms with Gasteiger partial charge in [0.25, 0.3) is 0 Å². The predicted molar refractivity (Wildman–Crippen MR) is 66.3 cm³/mol. The maximum atomic E-state index is 13.6. The van der Waals surface area contributed by atoms with Crippen LogP contribution in [0, 0.1) is 5.82 Å². The standard InChI is InChI=1S/C12H18FNOS/c1-3-14-9(2)10-4-5-12(11(13)8-10)16-7-6-15/h4-5,8-9,14-15H,3,6-7H2,1-2H3. The number of benzene rings is 1. The molecule has 0 aliphatic heterocycles. The van der Waals surface area contributed by atoms with Crippen molar-refractivity contribution in [2.45, 2.75) is 24.8 Å². The van der Waals surface area contributed by atoms with Gasteiger partial charge in [-0.25, -0.2) is 4.39 Å². The van der Waals surface area contributed by atoms with Gasteiger partial charge in [-0.3, -0.25) is 0 Å². The summed E-state index contributed by atoms with van der Waals surface area (Å²) in [6, 6.07) is 5.43. The summed E-state index contributed by atoms with van der Waals surface area (Å²) in [7, 11) is 0. The van der Waals surface area contributed by atoms with Crippen LogP contribution in [0.15, 0.2) is 23.1 Å². The Labute approximate surface area is 100 Å². The summed E-state index contributed by atoms with van der Waals surface area (Å²) in [6.45, 7) is 4.97. The Bertz CT molecular complexity index is 333. The van der Waals surface area contributed by atoms with Crippen molar-refractivity contribution in [3.63, 3.8) is 0 Å². The van der Waals surface area contributed by atoms with E-state index in [1.54, 1.807) is 12.1 Å². The molecule has 1 atom stereocenters. The number of rotatable bonds is 6. The van der Waals surface area contributed by atoms with Gasteiger partial charge in [-0.15, -0.1) is 11.8 Å². The minimum absolute atomic E-state index is 0.0691. The molecule has 0 fully saturated rings. The smallest absolute Gasteiger partial charge is 0.137 e. The van der Waals surface area contributed by atoms with Gasteiger partial charge in [0, 0.05) is 16.7 Å². The van der Waals surface area contributed by atoms with Gasteiger partial charge in [-0.05, 0) is 31.2 Å². The van der Waals surface area contributed by atoms with Crippen molar-refractivity contribution in [2.75, 3.05) is 18.9 Å². The van der Waals surface area contributed by atoms with Crippen molar-refractivity contribution in [3.05, 3.63) is 29.6 Å². The summed E-state index contributed by atoms with van der Waals surface area (Å²) in [6.07, 6.45) is 0. The molecule has 0 amide bonds. The van der Waals surface area contributed by atoms with Gasteiger partial charge in [0.2, 0.25) is 0 Å². The molecule has 0 aromatic heterocycles. The van der Waals surface area contributed by atoms with Gasteiger partial charge >= 0.3 is 0 Å². The highest BCUT2D eigenvalue weighted by atomic mass is 32.2. The molecule has 0 aliphatic carbocycles. The molecule has 2 N–H and O–H groups in total. The summed E-state index contributed by atoms with van der Waals surface area (Å²) in [5, 5.41) is 11.9. The topological polar surface area (TPSA) is 32.3 Å². The van der Waals surface area contributed by atoms with E-state index >= 15 is 0 Å². The molecule has 90 valence electrons. The average molecular weight is 243 g/mol. The Kier molecular flexibility index (Phi) is 5.80. The zero-order chi connectivity index (χ0) is 12.0. The third kappa shape index (κ3) is 3.77. The van der Waals surface area contributed by atoms with E-state index in [0.29, 0.717) is 10.6 Å². The minimum Gasteiger partial charge on any atom is -0.396 e. The monoisotopic (exact) mass is 243 g/mol. The highest BCUT2D eigenvalue weighted by molar-refractivity contribution is 7.99. The second kappa shape index (κ2) is 6.89. The molecule has 0 radical (unpaired) electrons. The molecule has 1 aromatic carbocycles. The van der Waals surface area contributed by atoms with Crippen LogP contribution >= 0.6 is 11.8 Å². The first kappa shape index (κ1) is 13.5. The van der Waals surface area contributed by atoms with E-state index in [1.807, 2.05) is 19.9 Å². The summed E-state index contributed by atoms with van der Waals surface area (Å²) < 4.78 is 13.6. The fraction of sp³-hybridized carbons (Fsp3) is 0.500. The molecule has 2 nitrogen and oxygen atoms in total. The Morgan fingerprint density at radius 3 is 2.81 bits per heavy atom. The first-order valence-corrected chi connectivity index (χ1v) is 6.44. The van der Waals surface area contributed by atoms with E-state index in [-0.39, 0.29) is 18.5 Å². The fourth-order valence-corrected chi connectivity index (χ4v) is 2.16. The molecule has 0 aliphatic rings. The van der Waals surface area contributed by atoms with Gasteiger partial charge < -0.3 is 10.4 Å². The van der Waals surface area contributed by atoms with E-state index in [9.17, 15) is 4.39 Å². The Balaban J connectivity index is 2.73. The highest BCUT2D eigenvalue weighted by Crippen LogP contribution is 2.24. The maximum Gasteiger partial charge on any atom is 0.137 e. The molecule has 1 unspecified atom stereocenters. The van der Waals surface area contributed by atoms with Crippen LogP contribution in [0.4, 0.5) is 4.39 Å². The third-order valence-electron chi connectivity index (χ3n) is 2.32. The van der Waals surface area contributed by atoms with E-state index in [0.717, 1.165) is 12.1 Å². The fourth-order valence-electron chi connectivity index (χ4n) is 1.48. The second-order valence-electron chi connectivity index (χ2n) is 3.54. The molecule has 0 spiro atoms. The van der Waals surface area contributed by atoms with Crippen LogP contribution in [0.2, 0.25) is 0 Å². The zero-order valence-corrected chi connectivity index (χ0v) is 10.5. The lowest BCUT2D eigenvalue weighted by atomic mass is 10.1. The number of nitrogens with one attached hydrogen (secondary N) is 1. The molecular formula is C12H18FNOS. The van der Waals surface area contributed by atoms with Crippen molar-refractivity contribution in [3.8, 4) is 0 Å². The lowest BCUT2D eigenvalue weighted by Gasteiger charge is -2.13. The zero-order valence-electron chi connectivity index (χ0n) is 9.66. The van der Waals surface area contributed by atoms with Crippen molar-refractivity contribution < 1.29 is 9.50 Å². The normalized spacial score (nSPS) is 12.8. The van der Waals surface area contributed by atoms with E-state index in [4.69, 9.17) is 5.11 Å². The summed E-state index contributed by atoms with van der Waals surface area (Å²) in [5.41, 5.74) is 0.952. The summed E-state index contributed by atoms with van der Waals surface area (Å²) >= 11 is 1.34. The van der Waals surface area contributed by atoms with Gasteiger partial charge in [-0.1, -0.05) is 13.0 Å². The van der Waals surface area contributed by atoms with Crippen molar-refractivity contribution in [1.29, 1.82) is 0 Å². The summed E-state index contributed by atoms with van der Waals surface area (Å²) in [5.74, 6) is 0.319. The molecule has 1 aromatic rings. The van der Waals surface area contributed by atoms with Gasteiger partial charge in [0.15, 0.2) is 0 Å². The van der Waals surface area contributed by atoms with Crippen LogP contribution in [0.25, 0.3) is 0 Å². The molecule has 0 saturated carbocycles. The van der Waals surface area contributed by atoms with Gasteiger partial charge in [0.05, 0.1) is 6.61 Å². The van der Waals surface area contributed by atoms with Gasteiger partial charge in [0.1, 0.15) is 5.82 Å². The molecule has 16 heavy (non-hydrogen) atoms. The predicted octanol–water partition coefficient (Wildman–Crippen LogP) is 2.58. The lowest BCUT2D eigenvalue weighted by Crippen LogP contribution is -2.17. The van der Waals surface area contributed by atoms with E-state index in [2.05, 4.69) is 5.32 Å². The highest BCUT2D eigenvalue weighted by Gasteiger charge is 2.08. The number of thioether (sulfide) groups is 1. The second-order valence-corrected chi connectivity index (χ2v) is 4.68.